The molecule has 5 nitrogen and oxygen atoms in total. The lowest BCUT2D eigenvalue weighted by Crippen LogP contribution is -2.27. The second kappa shape index (κ2) is 7.70. The van der Waals surface area contributed by atoms with Gasteiger partial charge in [-0.3, -0.25) is 9.36 Å². The maximum absolute atomic E-state index is 13.0. The zero-order chi connectivity index (χ0) is 20.6. The molecule has 1 heterocycles. The summed E-state index contributed by atoms with van der Waals surface area (Å²) in [5.74, 6) is 0.548. The van der Waals surface area contributed by atoms with Crippen LogP contribution in [-0.2, 0) is 18.4 Å². The van der Waals surface area contributed by atoms with Gasteiger partial charge >= 0.3 is 0 Å². The van der Waals surface area contributed by atoms with Crippen LogP contribution in [0, 0.1) is 0 Å². The Balaban J connectivity index is 2.31. The predicted molar refractivity (Wildman–Crippen MR) is 118 cm³/mol. The van der Waals surface area contributed by atoms with E-state index in [2.05, 4.69) is 4.40 Å². The molecule has 1 aromatic heterocycles. The van der Waals surface area contributed by atoms with Crippen LogP contribution >= 0.6 is 11.6 Å². The van der Waals surface area contributed by atoms with Crippen LogP contribution in [0.2, 0.25) is 5.02 Å². The van der Waals surface area contributed by atoms with Gasteiger partial charge in [0.25, 0.3) is 5.56 Å². The van der Waals surface area contributed by atoms with E-state index in [-0.39, 0.29) is 5.56 Å². The quantitative estimate of drug-likeness (QED) is 0.466. The Bertz CT molecular complexity index is 1120. The summed E-state index contributed by atoms with van der Waals surface area (Å²) in [5, 5.41) is 0.811. The van der Waals surface area contributed by atoms with Gasteiger partial charge in [-0.2, -0.15) is 0 Å². The summed E-state index contributed by atoms with van der Waals surface area (Å²) in [4.78, 5) is 17.8. The van der Waals surface area contributed by atoms with E-state index in [1.54, 1.807) is 26.1 Å². The minimum atomic E-state index is -1.43. The topological polar surface area (TPSA) is 70.3 Å². The SMILES string of the molecule is CC(=N[S+]([O-])C(C)(C)C)c1cc(Cl)cc2c(=O)n(C)c(-c3ccccc3)nc12. The van der Waals surface area contributed by atoms with Crippen LogP contribution in [0.1, 0.15) is 33.3 Å². The van der Waals surface area contributed by atoms with Crippen molar-refractivity contribution in [2.75, 3.05) is 0 Å². The number of fused-ring (bicyclic) bond motifs is 1. The molecule has 0 saturated heterocycles. The van der Waals surface area contributed by atoms with Crippen LogP contribution < -0.4 is 5.56 Å². The maximum atomic E-state index is 13.0. The van der Waals surface area contributed by atoms with Gasteiger partial charge in [0.15, 0.2) is 0 Å². The van der Waals surface area contributed by atoms with Crippen LogP contribution in [0.25, 0.3) is 22.3 Å². The van der Waals surface area contributed by atoms with E-state index in [1.165, 1.54) is 4.57 Å². The number of hydrogen-bond acceptors (Lipinski definition) is 4. The Morgan fingerprint density at radius 2 is 1.86 bits per heavy atom. The zero-order valence-electron chi connectivity index (χ0n) is 16.5. The highest BCUT2D eigenvalue weighted by molar-refractivity contribution is 7.91. The van der Waals surface area contributed by atoms with Gasteiger partial charge in [-0.05, 0) is 39.8 Å². The van der Waals surface area contributed by atoms with E-state index in [1.807, 2.05) is 51.1 Å². The van der Waals surface area contributed by atoms with Crippen molar-refractivity contribution in [3.8, 4) is 11.4 Å². The highest BCUT2D eigenvalue weighted by Gasteiger charge is 2.27. The van der Waals surface area contributed by atoms with Crippen molar-refractivity contribution in [3.05, 3.63) is 63.4 Å². The van der Waals surface area contributed by atoms with Crippen molar-refractivity contribution in [1.29, 1.82) is 0 Å². The molecule has 0 fully saturated rings. The van der Waals surface area contributed by atoms with E-state index in [0.29, 0.717) is 33.0 Å². The molecule has 0 amide bonds. The molecule has 0 spiro atoms. The molecule has 0 radical (unpaired) electrons. The molecule has 1 atom stereocenters. The summed E-state index contributed by atoms with van der Waals surface area (Å²) in [6.45, 7) is 7.34. The average molecular weight is 416 g/mol. The van der Waals surface area contributed by atoms with Crippen molar-refractivity contribution in [2.24, 2.45) is 11.4 Å². The van der Waals surface area contributed by atoms with Crippen molar-refractivity contribution in [1.82, 2.24) is 9.55 Å². The fraction of sp³-hybridized carbons (Fsp3) is 0.286. The summed E-state index contributed by atoms with van der Waals surface area (Å²) in [6.07, 6.45) is 0. The molecule has 0 bridgehead atoms. The first-order valence-electron chi connectivity index (χ1n) is 8.83. The molecule has 28 heavy (non-hydrogen) atoms. The third kappa shape index (κ3) is 3.99. The molecule has 146 valence electrons. The molecule has 0 aliphatic heterocycles. The van der Waals surface area contributed by atoms with E-state index >= 15 is 0 Å². The van der Waals surface area contributed by atoms with E-state index in [0.717, 1.165) is 5.56 Å². The van der Waals surface area contributed by atoms with Gasteiger partial charge in [-0.25, -0.2) is 4.98 Å². The molecule has 0 aliphatic carbocycles. The van der Waals surface area contributed by atoms with Gasteiger partial charge in [-0.1, -0.05) is 46.3 Å². The predicted octanol–water partition coefficient (Wildman–Crippen LogP) is 4.53. The Labute approximate surface area is 172 Å². The lowest BCUT2D eigenvalue weighted by Gasteiger charge is -2.19. The summed E-state index contributed by atoms with van der Waals surface area (Å²) in [7, 11) is 1.69. The molecular weight excluding hydrogens is 394 g/mol. The highest BCUT2D eigenvalue weighted by Crippen LogP contribution is 2.26. The number of rotatable bonds is 3. The van der Waals surface area contributed by atoms with Crippen LogP contribution in [0.4, 0.5) is 0 Å². The van der Waals surface area contributed by atoms with Crippen LogP contribution in [0.15, 0.2) is 51.7 Å². The molecule has 0 saturated carbocycles. The second-order valence-electron chi connectivity index (χ2n) is 7.55. The first kappa shape index (κ1) is 20.6. The minimum Gasteiger partial charge on any atom is -0.591 e. The highest BCUT2D eigenvalue weighted by atomic mass is 35.5. The average Bonchev–Trinajstić information content (AvgIpc) is 2.64. The number of halogens is 1. The molecule has 3 aromatic rings. The van der Waals surface area contributed by atoms with Crippen LogP contribution in [0.5, 0.6) is 0 Å². The number of aromatic nitrogens is 2. The third-order valence-corrected chi connectivity index (χ3v) is 6.02. The lowest BCUT2D eigenvalue weighted by atomic mass is 10.1. The molecule has 2 aromatic carbocycles. The number of nitrogens with zero attached hydrogens (tertiary/aromatic N) is 3. The van der Waals surface area contributed by atoms with Crippen molar-refractivity contribution in [3.63, 3.8) is 0 Å². The molecule has 7 heteroatoms. The van der Waals surface area contributed by atoms with Crippen molar-refractivity contribution < 1.29 is 4.55 Å². The fourth-order valence-electron chi connectivity index (χ4n) is 2.77. The Hall–Kier alpha value is -2.15. The van der Waals surface area contributed by atoms with Gasteiger partial charge in [0.1, 0.15) is 21.9 Å². The first-order chi connectivity index (χ1) is 13.1. The Morgan fingerprint density at radius 1 is 1.21 bits per heavy atom. The van der Waals surface area contributed by atoms with Crippen LogP contribution in [0.3, 0.4) is 0 Å². The smallest absolute Gasteiger partial charge is 0.261 e. The Kier molecular flexibility index (Phi) is 5.66. The zero-order valence-corrected chi connectivity index (χ0v) is 18.1. The summed E-state index contributed by atoms with van der Waals surface area (Å²) in [6, 6.07) is 12.8. The maximum Gasteiger partial charge on any atom is 0.261 e. The molecule has 3 rings (SSSR count). The van der Waals surface area contributed by atoms with Gasteiger partial charge in [0.05, 0.1) is 16.6 Å². The standard InChI is InChI=1S/C21H22ClN3O2S/c1-13(24-28(27)21(2,3)4)16-11-15(22)12-17-18(16)23-19(25(5)20(17)26)14-9-7-6-8-10-14/h6-12H,1-5H3. The van der Waals surface area contributed by atoms with Gasteiger partial charge in [-0.15, -0.1) is 0 Å². The summed E-state index contributed by atoms with van der Waals surface area (Å²) in [5.41, 5.74) is 2.27. The largest absolute Gasteiger partial charge is 0.591 e. The van der Waals surface area contributed by atoms with Gasteiger partial charge in [0, 0.05) is 23.2 Å². The number of benzene rings is 2. The van der Waals surface area contributed by atoms with Crippen molar-refractivity contribution >= 4 is 39.6 Å². The van der Waals surface area contributed by atoms with E-state index < -0.39 is 16.1 Å². The molecule has 0 N–H and O–H groups in total. The van der Waals surface area contributed by atoms with Crippen LogP contribution in [-0.4, -0.2) is 24.6 Å². The summed E-state index contributed by atoms with van der Waals surface area (Å²) < 4.78 is 17.8. The summed E-state index contributed by atoms with van der Waals surface area (Å²) >= 11 is 4.83. The van der Waals surface area contributed by atoms with Gasteiger partial charge in [0.2, 0.25) is 0 Å². The monoisotopic (exact) mass is 415 g/mol. The second-order valence-corrected chi connectivity index (χ2v) is 9.90. The number of hydrogen-bond donors (Lipinski definition) is 0. The lowest BCUT2D eigenvalue weighted by molar-refractivity contribution is 0.561. The van der Waals surface area contributed by atoms with E-state index in [9.17, 15) is 9.35 Å². The van der Waals surface area contributed by atoms with Gasteiger partial charge < -0.3 is 4.55 Å². The van der Waals surface area contributed by atoms with Crippen molar-refractivity contribution in [2.45, 2.75) is 32.4 Å². The Morgan fingerprint density at radius 3 is 2.46 bits per heavy atom. The molecule has 0 aliphatic rings. The first-order valence-corrected chi connectivity index (χ1v) is 10.3. The normalized spacial score (nSPS) is 13.8. The molecule has 1 unspecified atom stereocenters. The fourth-order valence-corrected chi connectivity index (χ4v) is 3.61. The van der Waals surface area contributed by atoms with E-state index in [4.69, 9.17) is 16.6 Å². The minimum absolute atomic E-state index is 0.197. The third-order valence-electron chi connectivity index (χ3n) is 4.31. The molecular formula is C21H22ClN3O2S.